The minimum Gasteiger partial charge on any atom is -0.462 e. The molecule has 8 heteroatoms. The molecule has 2 aromatic rings. The van der Waals surface area contributed by atoms with E-state index in [0.29, 0.717) is 11.5 Å². The Hall–Kier alpha value is -2.76. The van der Waals surface area contributed by atoms with E-state index in [9.17, 15) is 9.59 Å². The van der Waals surface area contributed by atoms with E-state index >= 15 is 0 Å². The number of benzene rings is 2. The van der Waals surface area contributed by atoms with Crippen molar-refractivity contribution >= 4 is 26.5 Å². The highest BCUT2D eigenvalue weighted by Gasteiger charge is 2.28. The highest BCUT2D eigenvalue weighted by atomic mass is 31.2. The third-order valence-corrected chi connectivity index (χ3v) is 4.88. The Morgan fingerprint density at radius 2 is 1.52 bits per heavy atom. The molecule has 0 radical (unpaired) electrons. The molecule has 0 spiro atoms. The normalized spacial score (nSPS) is 11.7. The Labute approximate surface area is 171 Å². The lowest BCUT2D eigenvalue weighted by molar-refractivity contribution is -0.149. The van der Waals surface area contributed by atoms with Crippen molar-refractivity contribution in [3.05, 3.63) is 60.7 Å². The summed E-state index contributed by atoms with van der Waals surface area (Å²) in [6.45, 7) is 3.50. The third kappa shape index (κ3) is 8.42. The van der Waals surface area contributed by atoms with E-state index in [1.165, 1.54) is 0 Å². The van der Waals surface area contributed by atoms with Gasteiger partial charge in [-0.25, -0.2) is 5.09 Å². The van der Waals surface area contributed by atoms with Crippen LogP contribution in [-0.2, 0) is 14.3 Å². The topological polar surface area (TPSA) is 97.7 Å². The van der Waals surface area contributed by atoms with Crippen molar-refractivity contribution < 1.29 is 23.4 Å². The molecule has 0 bridgehead atoms. The van der Waals surface area contributed by atoms with Gasteiger partial charge in [0.25, 0.3) is 0 Å². The second-order valence-corrected chi connectivity index (χ2v) is 7.52. The first-order valence-corrected chi connectivity index (χ1v) is 10.4. The van der Waals surface area contributed by atoms with Gasteiger partial charge in [0.2, 0.25) is 0 Å². The molecule has 29 heavy (non-hydrogen) atoms. The molecule has 0 aliphatic heterocycles. The zero-order valence-electron chi connectivity index (χ0n) is 16.4. The predicted molar refractivity (Wildman–Crippen MR) is 112 cm³/mol. The van der Waals surface area contributed by atoms with E-state index in [2.05, 4.69) is 5.09 Å². The van der Waals surface area contributed by atoms with Crippen LogP contribution in [0.25, 0.3) is 0 Å². The summed E-state index contributed by atoms with van der Waals surface area (Å²) in [5.74, 6) is 0.284. The van der Waals surface area contributed by atoms with E-state index in [0.717, 1.165) is 6.21 Å². The highest BCUT2D eigenvalue weighted by Crippen LogP contribution is 2.37. The van der Waals surface area contributed by atoms with Gasteiger partial charge in [-0.3, -0.25) is 9.59 Å². The molecule has 0 saturated carbocycles. The van der Waals surface area contributed by atoms with Gasteiger partial charge in [0.05, 0.1) is 12.3 Å². The van der Waals surface area contributed by atoms with Crippen LogP contribution in [0.4, 0.5) is 0 Å². The molecule has 7 nitrogen and oxygen atoms in total. The second kappa shape index (κ2) is 11.9. The van der Waals surface area contributed by atoms with Gasteiger partial charge in [0.1, 0.15) is 17.5 Å². The van der Waals surface area contributed by atoms with E-state index < -0.39 is 20.5 Å². The number of rotatable bonds is 12. The Kier molecular flexibility index (Phi) is 9.28. The van der Waals surface area contributed by atoms with Crippen molar-refractivity contribution in [1.82, 2.24) is 5.09 Å². The number of ether oxygens (including phenoxy) is 1. The number of Topliss-reactive ketones (excluding diaryl/α,β-unsaturated/α-hetero) is 1. The van der Waals surface area contributed by atoms with Crippen LogP contribution in [0.3, 0.4) is 0 Å². The minimum absolute atomic E-state index is 0.0359. The molecule has 0 saturated heterocycles. The number of ketones is 1. The van der Waals surface area contributed by atoms with E-state index in [1.807, 2.05) is 36.4 Å². The largest absolute Gasteiger partial charge is 0.462 e. The van der Waals surface area contributed by atoms with Gasteiger partial charge < -0.3 is 19.2 Å². The number of carbonyl (C=O) groups excluding carboxylic acids is 2. The smallest absolute Gasteiger partial charge is 0.382 e. The monoisotopic (exact) mass is 416 g/mol. The molecule has 0 fully saturated rings. The van der Waals surface area contributed by atoms with Crippen LogP contribution in [0.5, 0.6) is 11.5 Å². The molecule has 1 unspecified atom stereocenters. The molecule has 0 heterocycles. The van der Waals surface area contributed by atoms with Crippen LogP contribution in [0, 0.1) is 5.41 Å². The summed E-state index contributed by atoms with van der Waals surface area (Å²) in [4.78, 5) is 24.1. The molecule has 2 rings (SSSR count). The van der Waals surface area contributed by atoms with Crippen LogP contribution in [0.1, 0.15) is 26.7 Å². The average Bonchev–Trinajstić information content (AvgIpc) is 2.71. The van der Waals surface area contributed by atoms with Crippen molar-refractivity contribution in [3.63, 3.8) is 0 Å². The van der Waals surface area contributed by atoms with Gasteiger partial charge >= 0.3 is 14.5 Å². The highest BCUT2D eigenvalue weighted by molar-refractivity contribution is 7.45. The van der Waals surface area contributed by atoms with Crippen molar-refractivity contribution in [2.45, 2.75) is 38.8 Å². The molecule has 0 aromatic heterocycles. The fraction of sp³-hybridized carbons (Fsp3) is 0.286. The Bertz CT molecular complexity index is 745. The van der Waals surface area contributed by atoms with Gasteiger partial charge in [-0.15, -0.1) is 0 Å². The standard InChI is InChI=1S/C21H25N2O5P/c1-16(2)26-21(25)20(14-13-17(24)15-22)23-29(27-18-9-5-3-6-10-18)28-19-11-7-4-8-12-19/h3-12,15-16,20,22-23H,13-14H2,1-2H3. The maximum Gasteiger partial charge on any atom is 0.382 e. The van der Waals surface area contributed by atoms with Crippen LogP contribution in [0.2, 0.25) is 0 Å². The molecule has 0 aliphatic rings. The summed E-state index contributed by atoms with van der Waals surface area (Å²) in [7, 11) is -1.76. The lowest BCUT2D eigenvalue weighted by atomic mass is 10.1. The average molecular weight is 416 g/mol. The van der Waals surface area contributed by atoms with Gasteiger partial charge in [0, 0.05) is 6.42 Å². The number of esters is 1. The third-order valence-electron chi connectivity index (χ3n) is 3.60. The first-order valence-electron chi connectivity index (χ1n) is 9.24. The molecule has 0 amide bonds. The SMILES string of the molecule is CC(C)OC(=O)C(CCC(=O)C=N)NP(Oc1ccccc1)Oc1ccccc1. The van der Waals surface area contributed by atoms with Crippen LogP contribution in [0.15, 0.2) is 60.7 Å². The molecule has 154 valence electrons. The van der Waals surface area contributed by atoms with Crippen LogP contribution >= 0.6 is 8.53 Å². The van der Waals surface area contributed by atoms with Crippen molar-refractivity contribution in [2.75, 3.05) is 0 Å². The first-order chi connectivity index (χ1) is 14.0. The van der Waals surface area contributed by atoms with Gasteiger partial charge in [-0.1, -0.05) is 36.4 Å². The number of carbonyl (C=O) groups is 2. The molecule has 2 aromatic carbocycles. The van der Waals surface area contributed by atoms with Crippen LogP contribution in [-0.4, -0.2) is 30.1 Å². The van der Waals surface area contributed by atoms with Gasteiger partial charge in [0.15, 0.2) is 5.78 Å². The number of nitrogens with one attached hydrogen (secondary N) is 2. The first kappa shape index (κ1) is 22.5. The Morgan fingerprint density at radius 3 is 1.97 bits per heavy atom. The minimum atomic E-state index is -1.76. The summed E-state index contributed by atoms with van der Waals surface area (Å²) >= 11 is 0. The maximum atomic E-state index is 12.5. The summed E-state index contributed by atoms with van der Waals surface area (Å²) in [5, 5.41) is 10.1. The summed E-state index contributed by atoms with van der Waals surface area (Å²) in [6, 6.07) is 17.4. The lowest BCUT2D eigenvalue weighted by Gasteiger charge is -2.24. The molecule has 2 N–H and O–H groups in total. The Morgan fingerprint density at radius 1 is 1.00 bits per heavy atom. The summed E-state index contributed by atoms with van der Waals surface area (Å²) < 4.78 is 17.2. The van der Waals surface area contributed by atoms with Crippen molar-refractivity contribution in [3.8, 4) is 11.5 Å². The van der Waals surface area contributed by atoms with E-state index in [1.54, 1.807) is 38.1 Å². The second-order valence-electron chi connectivity index (χ2n) is 6.38. The fourth-order valence-corrected chi connectivity index (χ4v) is 3.52. The van der Waals surface area contributed by atoms with Crippen molar-refractivity contribution in [2.24, 2.45) is 0 Å². The van der Waals surface area contributed by atoms with E-state index in [4.69, 9.17) is 19.2 Å². The molecular formula is C21H25N2O5P. The zero-order valence-corrected chi connectivity index (χ0v) is 17.3. The maximum absolute atomic E-state index is 12.5. The number of para-hydroxylation sites is 2. The predicted octanol–water partition coefficient (Wildman–Crippen LogP) is 4.28. The van der Waals surface area contributed by atoms with Crippen LogP contribution < -0.4 is 14.1 Å². The molecule has 0 aliphatic carbocycles. The number of hydrogen-bond acceptors (Lipinski definition) is 7. The Balaban J connectivity index is 2.17. The summed E-state index contributed by atoms with van der Waals surface area (Å²) in [5.41, 5.74) is 0. The summed E-state index contributed by atoms with van der Waals surface area (Å²) in [6.07, 6.45) is 0.638. The fourth-order valence-electron chi connectivity index (χ4n) is 2.26. The van der Waals surface area contributed by atoms with Crippen molar-refractivity contribution in [1.29, 1.82) is 5.41 Å². The molecule has 1 atom stereocenters. The lowest BCUT2D eigenvalue weighted by Crippen LogP contribution is -2.38. The zero-order chi connectivity index (χ0) is 21.1. The van der Waals surface area contributed by atoms with Gasteiger partial charge in [-0.05, 0) is 44.5 Å². The quantitative estimate of drug-likeness (QED) is 0.305. The molecular weight excluding hydrogens is 391 g/mol. The number of hydrogen-bond donors (Lipinski definition) is 2. The van der Waals surface area contributed by atoms with Gasteiger partial charge in [-0.2, -0.15) is 0 Å². The van der Waals surface area contributed by atoms with E-state index in [-0.39, 0.29) is 24.7 Å².